The van der Waals surface area contributed by atoms with Gasteiger partial charge in [-0.05, 0) is 94.9 Å². The molecule has 39 heavy (non-hydrogen) atoms. The van der Waals surface area contributed by atoms with Gasteiger partial charge in [-0.3, -0.25) is 0 Å². The summed E-state index contributed by atoms with van der Waals surface area (Å²) in [7, 11) is 5.85. The molecule has 206 valence electrons. The van der Waals surface area contributed by atoms with E-state index >= 15 is 0 Å². The van der Waals surface area contributed by atoms with Crippen molar-refractivity contribution in [3.05, 3.63) is 96.1 Å². The molecule has 1 atom stereocenters. The number of rotatable bonds is 4. The molecule has 1 aliphatic heterocycles. The minimum Gasteiger partial charge on any atom is -0.497 e. The largest absolute Gasteiger partial charge is 0.497 e. The second-order valence-electron chi connectivity index (χ2n) is 9.89. The zero-order valence-corrected chi connectivity index (χ0v) is 23.5. The van der Waals surface area contributed by atoms with Crippen molar-refractivity contribution in [1.29, 1.82) is 0 Å². The average Bonchev–Trinajstić information content (AvgIpc) is 2.96. The number of carbonyl (C=O) groups is 1. The Balaban J connectivity index is 0.000000252. The average molecular weight is 527 g/mol. The summed E-state index contributed by atoms with van der Waals surface area (Å²) in [6, 6.07) is 27.9. The number of amides is 2. The fourth-order valence-electron chi connectivity index (χ4n) is 4.34. The van der Waals surface area contributed by atoms with Gasteiger partial charge in [-0.1, -0.05) is 48.2 Å². The lowest BCUT2D eigenvalue weighted by molar-refractivity contribution is 0.205. The Morgan fingerprint density at radius 3 is 2.05 bits per heavy atom. The molecular weight excluding hydrogens is 484 g/mol. The van der Waals surface area contributed by atoms with Crippen molar-refractivity contribution in [1.82, 2.24) is 15.1 Å². The highest BCUT2D eigenvalue weighted by molar-refractivity contribution is 5.89. The lowest BCUT2D eigenvalue weighted by atomic mass is 10.1. The molecule has 2 N–H and O–H groups in total. The van der Waals surface area contributed by atoms with E-state index in [9.17, 15) is 4.79 Å². The van der Waals surface area contributed by atoms with Crippen LogP contribution in [0, 0.1) is 11.8 Å². The molecule has 0 aliphatic carbocycles. The number of urea groups is 1. The molecule has 1 unspecified atom stereocenters. The van der Waals surface area contributed by atoms with Crippen LogP contribution in [0.25, 0.3) is 0 Å². The molecular formula is C33H42N4O2. The lowest BCUT2D eigenvalue weighted by Gasteiger charge is -2.28. The summed E-state index contributed by atoms with van der Waals surface area (Å²) in [6.45, 7) is 3.67. The number of ether oxygens (including phenoxy) is 1. The molecule has 3 aromatic rings. The Labute approximate surface area is 234 Å². The second kappa shape index (κ2) is 16.9. The van der Waals surface area contributed by atoms with Crippen molar-refractivity contribution in [2.75, 3.05) is 52.7 Å². The summed E-state index contributed by atoms with van der Waals surface area (Å²) in [5, 5.41) is 6.64. The molecule has 6 nitrogen and oxygen atoms in total. The van der Waals surface area contributed by atoms with Crippen LogP contribution < -0.4 is 15.4 Å². The number of methoxy groups -OCH3 is 1. The van der Waals surface area contributed by atoms with Gasteiger partial charge in [0, 0.05) is 42.5 Å². The monoisotopic (exact) mass is 526 g/mol. The van der Waals surface area contributed by atoms with Gasteiger partial charge in [-0.2, -0.15) is 0 Å². The molecule has 6 heteroatoms. The highest BCUT2D eigenvalue weighted by atomic mass is 16.5. The van der Waals surface area contributed by atoms with Crippen LogP contribution in [0.2, 0.25) is 0 Å². The van der Waals surface area contributed by atoms with E-state index in [1.807, 2.05) is 89.8 Å². The summed E-state index contributed by atoms with van der Waals surface area (Å²) in [6.07, 6.45) is 4.22. The molecule has 1 fully saturated rings. The maximum Gasteiger partial charge on any atom is 0.321 e. The molecule has 1 heterocycles. The van der Waals surface area contributed by atoms with E-state index in [1.54, 1.807) is 7.11 Å². The molecule has 4 rings (SSSR count). The van der Waals surface area contributed by atoms with Crippen molar-refractivity contribution in [2.24, 2.45) is 0 Å². The first kappa shape index (κ1) is 29.8. The third kappa shape index (κ3) is 11.6. The van der Waals surface area contributed by atoms with Gasteiger partial charge in [-0.15, -0.1) is 0 Å². The first-order valence-corrected chi connectivity index (χ1v) is 13.7. The first-order chi connectivity index (χ1) is 19.0. The highest BCUT2D eigenvalue weighted by Crippen LogP contribution is 2.16. The lowest BCUT2D eigenvalue weighted by Crippen LogP contribution is -2.42. The molecule has 0 saturated carbocycles. The van der Waals surface area contributed by atoms with Crippen LogP contribution in [-0.2, 0) is 0 Å². The number of benzene rings is 3. The molecule has 3 aromatic carbocycles. The van der Waals surface area contributed by atoms with Crippen molar-refractivity contribution in [2.45, 2.75) is 31.7 Å². The number of hydrogen-bond acceptors (Lipinski definition) is 4. The van der Waals surface area contributed by atoms with Crippen molar-refractivity contribution in [3.63, 3.8) is 0 Å². The van der Waals surface area contributed by atoms with Crippen LogP contribution in [-0.4, -0.2) is 69.3 Å². The summed E-state index contributed by atoms with van der Waals surface area (Å²) in [5.41, 5.74) is 2.91. The van der Waals surface area contributed by atoms with Crippen molar-refractivity contribution in [3.8, 4) is 17.6 Å². The van der Waals surface area contributed by atoms with Gasteiger partial charge in [0.05, 0.1) is 7.11 Å². The third-order valence-electron chi connectivity index (χ3n) is 6.38. The summed E-state index contributed by atoms with van der Waals surface area (Å²) in [4.78, 5) is 16.8. The Bertz CT molecular complexity index is 1110. The van der Waals surface area contributed by atoms with Crippen LogP contribution in [0.1, 0.15) is 36.8 Å². The van der Waals surface area contributed by atoms with E-state index in [4.69, 9.17) is 4.74 Å². The Kier molecular flexibility index (Phi) is 12.9. The molecule has 1 saturated heterocycles. The topological polar surface area (TPSA) is 56.8 Å². The second-order valence-corrected chi connectivity index (χ2v) is 9.89. The summed E-state index contributed by atoms with van der Waals surface area (Å²) in [5.74, 6) is 7.01. The zero-order chi connectivity index (χ0) is 27.7. The van der Waals surface area contributed by atoms with E-state index < -0.39 is 0 Å². The smallest absolute Gasteiger partial charge is 0.321 e. The van der Waals surface area contributed by atoms with Crippen LogP contribution >= 0.6 is 0 Å². The maximum absolute atomic E-state index is 12.6. The predicted octanol–water partition coefficient (Wildman–Crippen LogP) is 5.71. The molecule has 2 amide bonds. The molecule has 0 spiro atoms. The standard InChI is InChI=1S/C19H32N4O2.C14H10/c1-22(2)15-17-7-6-14-23(13-5-4-12-20-17)19(24)21-16-8-10-18(25-3)11-9-16;1-3-7-13(8-4-1)11-12-14-9-5-2-6-10-14/h8-11,17,20H,4-7,12-15H2,1-3H3,(H,21,24);1-10H. The molecule has 0 aromatic heterocycles. The number of hydrogen-bond donors (Lipinski definition) is 2. The van der Waals surface area contributed by atoms with Crippen molar-refractivity contribution < 1.29 is 9.53 Å². The Morgan fingerprint density at radius 2 is 1.49 bits per heavy atom. The van der Waals surface area contributed by atoms with Gasteiger partial charge in [0.15, 0.2) is 0 Å². The van der Waals surface area contributed by atoms with Crippen LogP contribution in [0.5, 0.6) is 5.75 Å². The first-order valence-electron chi connectivity index (χ1n) is 13.7. The Morgan fingerprint density at radius 1 is 0.897 bits per heavy atom. The quantitative estimate of drug-likeness (QED) is 0.428. The Hall–Kier alpha value is -3.79. The van der Waals surface area contributed by atoms with Crippen LogP contribution in [0.15, 0.2) is 84.9 Å². The predicted molar refractivity (Wildman–Crippen MR) is 161 cm³/mol. The maximum atomic E-state index is 12.6. The normalized spacial score (nSPS) is 15.7. The number of nitrogens with zero attached hydrogens (tertiary/aromatic N) is 2. The van der Waals surface area contributed by atoms with Crippen LogP contribution in [0.3, 0.4) is 0 Å². The minimum atomic E-state index is -0.0112. The third-order valence-corrected chi connectivity index (χ3v) is 6.38. The van der Waals surface area contributed by atoms with E-state index in [-0.39, 0.29) is 6.03 Å². The van der Waals surface area contributed by atoms with E-state index in [2.05, 4.69) is 41.5 Å². The summed E-state index contributed by atoms with van der Waals surface area (Å²) < 4.78 is 5.15. The van der Waals surface area contributed by atoms with Gasteiger partial charge in [0.25, 0.3) is 0 Å². The van der Waals surface area contributed by atoms with Gasteiger partial charge in [0.2, 0.25) is 0 Å². The van der Waals surface area contributed by atoms with Gasteiger partial charge in [-0.25, -0.2) is 4.79 Å². The number of likely N-dealkylation sites (N-methyl/N-ethyl adjacent to an activating group) is 1. The van der Waals surface area contributed by atoms with E-state index in [0.29, 0.717) is 6.04 Å². The highest BCUT2D eigenvalue weighted by Gasteiger charge is 2.17. The molecule has 0 radical (unpaired) electrons. The van der Waals surface area contributed by atoms with E-state index in [0.717, 1.165) is 74.4 Å². The minimum absolute atomic E-state index is 0.0112. The fourth-order valence-corrected chi connectivity index (χ4v) is 4.34. The van der Waals surface area contributed by atoms with Gasteiger partial charge < -0.3 is 25.2 Å². The van der Waals surface area contributed by atoms with Crippen LogP contribution in [0.4, 0.5) is 10.5 Å². The van der Waals surface area contributed by atoms with E-state index in [1.165, 1.54) is 0 Å². The number of carbonyl (C=O) groups excluding carboxylic acids is 1. The zero-order valence-electron chi connectivity index (χ0n) is 23.5. The number of nitrogens with one attached hydrogen (secondary N) is 2. The SMILES string of the molecule is C(#Cc1ccccc1)c1ccccc1.COc1ccc(NC(=O)N2CCCCNC(CN(C)C)CCC2)cc1. The fraction of sp³-hybridized carbons (Fsp3) is 0.364. The van der Waals surface area contributed by atoms with Gasteiger partial charge >= 0.3 is 6.03 Å². The van der Waals surface area contributed by atoms with Gasteiger partial charge in [0.1, 0.15) is 5.75 Å². The molecule has 1 aliphatic rings. The number of anilines is 1. The summed E-state index contributed by atoms with van der Waals surface area (Å²) >= 11 is 0. The van der Waals surface area contributed by atoms with Crippen molar-refractivity contribution >= 4 is 11.7 Å². The molecule has 0 bridgehead atoms.